The lowest BCUT2D eigenvalue weighted by Gasteiger charge is -2.36. The zero-order chi connectivity index (χ0) is 22.7. The average Bonchev–Trinajstić information content (AvgIpc) is 3.16. The van der Waals surface area contributed by atoms with E-state index in [9.17, 15) is 18.0 Å². The number of halogens is 3. The number of aromatic amines is 1. The van der Waals surface area contributed by atoms with E-state index in [0.717, 1.165) is 62.7 Å². The van der Waals surface area contributed by atoms with Gasteiger partial charge in [-0.05, 0) is 92.9 Å². The summed E-state index contributed by atoms with van der Waals surface area (Å²) in [5.74, 6) is 0.0532. The molecule has 0 atom stereocenters. The SMILES string of the molecule is CCN(CCCc1ccc(C(F)(F)F)cc1)[C@H]1CC[C@H](c2ccc3[nH]c(=O)oc3c2)CC1. The number of nitrogens with zero attached hydrogens (tertiary/aromatic N) is 1. The van der Waals surface area contributed by atoms with Crippen molar-refractivity contribution >= 4 is 11.1 Å². The molecule has 1 heterocycles. The number of oxazole rings is 1. The molecule has 2 aromatic carbocycles. The number of H-pyrrole nitrogens is 1. The predicted molar refractivity (Wildman–Crippen MR) is 119 cm³/mol. The minimum absolute atomic E-state index is 0.421. The van der Waals surface area contributed by atoms with Gasteiger partial charge in [-0.25, -0.2) is 4.79 Å². The summed E-state index contributed by atoms with van der Waals surface area (Å²) in [7, 11) is 0. The molecule has 1 aliphatic rings. The first-order valence-electron chi connectivity index (χ1n) is 11.4. The standard InChI is InChI=1S/C25H29F3N2O2/c1-2-30(15-3-4-17-5-10-20(11-6-17)25(26,27)28)21-12-7-18(8-13-21)19-9-14-22-23(16-19)32-24(31)29-22/h5-6,9-11,14,16,18,21H,2-4,7-8,12-13,15H2,1H3,(H,29,31)/t18-,21-. The van der Waals surface area contributed by atoms with E-state index >= 15 is 0 Å². The Morgan fingerprint density at radius 3 is 2.44 bits per heavy atom. The smallest absolute Gasteiger partial charge is 0.408 e. The molecule has 4 rings (SSSR count). The summed E-state index contributed by atoms with van der Waals surface area (Å²) in [5.41, 5.74) is 2.94. The van der Waals surface area contributed by atoms with Crippen LogP contribution in [0.25, 0.3) is 11.1 Å². The number of hydrogen-bond acceptors (Lipinski definition) is 3. The Morgan fingerprint density at radius 2 is 1.78 bits per heavy atom. The molecule has 0 spiro atoms. The molecule has 1 saturated carbocycles. The summed E-state index contributed by atoms with van der Waals surface area (Å²) >= 11 is 0. The molecule has 0 amide bonds. The Labute approximate surface area is 185 Å². The molecule has 7 heteroatoms. The monoisotopic (exact) mass is 446 g/mol. The fourth-order valence-corrected chi connectivity index (χ4v) is 4.94. The van der Waals surface area contributed by atoms with Crippen molar-refractivity contribution in [3.63, 3.8) is 0 Å². The van der Waals surface area contributed by atoms with E-state index in [1.54, 1.807) is 12.1 Å². The maximum Gasteiger partial charge on any atom is 0.417 e. The maximum absolute atomic E-state index is 12.7. The van der Waals surface area contributed by atoms with Crippen LogP contribution in [-0.4, -0.2) is 29.0 Å². The molecule has 4 nitrogen and oxygen atoms in total. The van der Waals surface area contributed by atoms with Crippen molar-refractivity contribution < 1.29 is 17.6 Å². The van der Waals surface area contributed by atoms with E-state index in [4.69, 9.17) is 4.42 Å². The molecule has 0 aliphatic heterocycles. The molecule has 1 fully saturated rings. The molecule has 32 heavy (non-hydrogen) atoms. The van der Waals surface area contributed by atoms with Crippen LogP contribution in [0.1, 0.15) is 61.6 Å². The van der Waals surface area contributed by atoms with Crippen molar-refractivity contribution in [2.75, 3.05) is 13.1 Å². The van der Waals surface area contributed by atoms with Crippen LogP contribution in [0.5, 0.6) is 0 Å². The van der Waals surface area contributed by atoms with Crippen LogP contribution < -0.4 is 5.76 Å². The normalized spacial score (nSPS) is 19.7. The van der Waals surface area contributed by atoms with E-state index in [1.807, 2.05) is 12.1 Å². The van der Waals surface area contributed by atoms with Gasteiger partial charge in [0, 0.05) is 6.04 Å². The zero-order valence-electron chi connectivity index (χ0n) is 18.3. The van der Waals surface area contributed by atoms with E-state index in [-0.39, 0.29) is 0 Å². The van der Waals surface area contributed by atoms with Crippen LogP contribution in [0.2, 0.25) is 0 Å². The topological polar surface area (TPSA) is 49.2 Å². The lowest BCUT2D eigenvalue weighted by molar-refractivity contribution is -0.137. The first-order chi connectivity index (χ1) is 15.3. The van der Waals surface area contributed by atoms with Crippen LogP contribution in [0.3, 0.4) is 0 Å². The fourth-order valence-electron chi connectivity index (χ4n) is 4.94. The Bertz CT molecular complexity index is 1080. The Morgan fingerprint density at radius 1 is 1.06 bits per heavy atom. The van der Waals surface area contributed by atoms with Crippen LogP contribution in [0.4, 0.5) is 13.2 Å². The molecule has 0 saturated heterocycles. The van der Waals surface area contributed by atoms with E-state index < -0.39 is 17.5 Å². The van der Waals surface area contributed by atoms with Gasteiger partial charge in [-0.1, -0.05) is 25.1 Å². The second-order valence-corrected chi connectivity index (χ2v) is 8.70. The minimum atomic E-state index is -4.28. The summed E-state index contributed by atoms with van der Waals surface area (Å²) in [4.78, 5) is 16.6. The number of fused-ring (bicyclic) bond motifs is 1. The number of aryl methyl sites for hydroxylation is 1. The summed E-state index contributed by atoms with van der Waals surface area (Å²) in [6, 6.07) is 12.1. The number of benzene rings is 2. The predicted octanol–water partition coefficient (Wildman–Crippen LogP) is 6.12. The van der Waals surface area contributed by atoms with Gasteiger partial charge in [-0.2, -0.15) is 13.2 Å². The van der Waals surface area contributed by atoms with Gasteiger partial charge >= 0.3 is 11.9 Å². The van der Waals surface area contributed by atoms with Gasteiger partial charge in [0.05, 0.1) is 11.1 Å². The highest BCUT2D eigenvalue weighted by Crippen LogP contribution is 2.36. The van der Waals surface area contributed by atoms with E-state index in [2.05, 4.69) is 22.9 Å². The lowest BCUT2D eigenvalue weighted by Crippen LogP contribution is -2.38. The lowest BCUT2D eigenvalue weighted by atomic mass is 9.81. The first-order valence-corrected chi connectivity index (χ1v) is 11.4. The Balaban J connectivity index is 1.27. The zero-order valence-corrected chi connectivity index (χ0v) is 18.3. The number of hydrogen-bond donors (Lipinski definition) is 1. The third kappa shape index (κ3) is 5.26. The van der Waals surface area contributed by atoms with Crippen LogP contribution in [0.15, 0.2) is 51.7 Å². The number of rotatable bonds is 7. The molecule has 0 bridgehead atoms. The molecular weight excluding hydrogens is 417 g/mol. The Hall–Kier alpha value is -2.54. The number of nitrogens with one attached hydrogen (secondary N) is 1. The highest BCUT2D eigenvalue weighted by Gasteiger charge is 2.30. The fraction of sp³-hybridized carbons (Fsp3) is 0.480. The quantitative estimate of drug-likeness (QED) is 0.476. The van der Waals surface area contributed by atoms with Crippen molar-refractivity contribution in [2.24, 2.45) is 0 Å². The first kappa shape index (κ1) is 22.6. The van der Waals surface area contributed by atoms with Crippen LogP contribution in [-0.2, 0) is 12.6 Å². The molecule has 1 N–H and O–H groups in total. The van der Waals surface area contributed by atoms with Gasteiger partial charge in [0.15, 0.2) is 5.58 Å². The van der Waals surface area contributed by atoms with Crippen molar-refractivity contribution in [1.29, 1.82) is 0 Å². The van der Waals surface area contributed by atoms with Gasteiger partial charge in [0.1, 0.15) is 0 Å². The van der Waals surface area contributed by atoms with Crippen LogP contribution in [0, 0.1) is 0 Å². The summed E-state index contributed by atoms with van der Waals surface area (Å²) in [6.45, 7) is 4.10. The molecule has 1 aliphatic carbocycles. The second-order valence-electron chi connectivity index (χ2n) is 8.70. The molecule has 1 aromatic heterocycles. The second kappa shape index (κ2) is 9.53. The molecule has 3 aromatic rings. The van der Waals surface area contributed by atoms with Crippen molar-refractivity contribution in [3.05, 3.63) is 69.7 Å². The minimum Gasteiger partial charge on any atom is -0.408 e. The maximum atomic E-state index is 12.7. The molecular formula is C25H29F3N2O2. The summed E-state index contributed by atoms with van der Waals surface area (Å²) < 4.78 is 43.3. The summed E-state index contributed by atoms with van der Waals surface area (Å²) in [5, 5.41) is 0. The van der Waals surface area contributed by atoms with Gasteiger partial charge in [-0.15, -0.1) is 0 Å². The third-order valence-electron chi connectivity index (χ3n) is 6.73. The van der Waals surface area contributed by atoms with Gasteiger partial charge < -0.3 is 9.32 Å². The van der Waals surface area contributed by atoms with E-state index in [0.29, 0.717) is 17.5 Å². The highest BCUT2D eigenvalue weighted by atomic mass is 19.4. The van der Waals surface area contributed by atoms with Crippen LogP contribution >= 0.6 is 0 Å². The molecule has 0 radical (unpaired) electrons. The van der Waals surface area contributed by atoms with Gasteiger partial charge in [0.2, 0.25) is 0 Å². The Kier molecular flexibility index (Phi) is 6.74. The van der Waals surface area contributed by atoms with Gasteiger partial charge in [0.25, 0.3) is 0 Å². The van der Waals surface area contributed by atoms with E-state index in [1.165, 1.54) is 17.7 Å². The van der Waals surface area contributed by atoms with Crippen molar-refractivity contribution in [1.82, 2.24) is 9.88 Å². The highest BCUT2D eigenvalue weighted by molar-refractivity contribution is 5.72. The number of alkyl halides is 3. The third-order valence-corrected chi connectivity index (χ3v) is 6.73. The van der Waals surface area contributed by atoms with Gasteiger partial charge in [-0.3, -0.25) is 4.98 Å². The number of aromatic nitrogens is 1. The van der Waals surface area contributed by atoms with Crippen molar-refractivity contribution in [3.8, 4) is 0 Å². The average molecular weight is 447 g/mol. The van der Waals surface area contributed by atoms with Crippen molar-refractivity contribution in [2.45, 2.75) is 63.6 Å². The summed E-state index contributed by atoms with van der Waals surface area (Å²) in [6.07, 6.45) is 1.87. The largest absolute Gasteiger partial charge is 0.417 e. The molecule has 0 unspecified atom stereocenters. The molecule has 172 valence electrons.